The van der Waals surface area contributed by atoms with Gasteiger partial charge in [0.05, 0.1) is 0 Å². The van der Waals surface area contributed by atoms with Crippen LogP contribution in [0.3, 0.4) is 0 Å². The highest BCUT2D eigenvalue weighted by Gasteiger charge is 2.23. The molecular formula is C18H25ClN2O3. The van der Waals surface area contributed by atoms with Gasteiger partial charge in [-0.2, -0.15) is 0 Å². The van der Waals surface area contributed by atoms with Gasteiger partial charge >= 0.3 is 0 Å². The second kappa shape index (κ2) is 8.92. The molecule has 0 unspecified atom stereocenters. The molecular weight excluding hydrogens is 328 g/mol. The van der Waals surface area contributed by atoms with Crippen molar-refractivity contribution in [3.8, 4) is 5.75 Å². The third kappa shape index (κ3) is 5.41. The number of rotatable bonds is 6. The Morgan fingerprint density at radius 3 is 2.58 bits per heavy atom. The number of likely N-dealkylation sites (tertiary alicyclic amines) is 1. The summed E-state index contributed by atoms with van der Waals surface area (Å²) in [7, 11) is 0. The van der Waals surface area contributed by atoms with E-state index in [-0.39, 0.29) is 24.5 Å². The van der Waals surface area contributed by atoms with Crippen molar-refractivity contribution < 1.29 is 14.3 Å². The van der Waals surface area contributed by atoms with Crippen LogP contribution in [0, 0.1) is 13.8 Å². The zero-order valence-electron chi connectivity index (χ0n) is 14.3. The summed E-state index contributed by atoms with van der Waals surface area (Å²) in [6.45, 7) is 5.39. The number of ether oxygens (including phenoxy) is 1. The summed E-state index contributed by atoms with van der Waals surface area (Å²) in [6, 6.07) is 5.95. The van der Waals surface area contributed by atoms with Gasteiger partial charge in [0.25, 0.3) is 5.91 Å². The molecule has 0 radical (unpaired) electrons. The smallest absolute Gasteiger partial charge is 0.260 e. The summed E-state index contributed by atoms with van der Waals surface area (Å²) in [5.74, 6) is 1.01. The fourth-order valence-electron chi connectivity index (χ4n) is 2.70. The van der Waals surface area contributed by atoms with Gasteiger partial charge in [-0.05, 0) is 49.9 Å². The largest absolute Gasteiger partial charge is 0.484 e. The Bertz CT molecular complexity index is 584. The maximum absolute atomic E-state index is 12.3. The third-order valence-electron chi connectivity index (χ3n) is 4.38. The van der Waals surface area contributed by atoms with Crippen LogP contribution in [0.1, 0.15) is 30.4 Å². The Morgan fingerprint density at radius 2 is 1.96 bits per heavy atom. The lowest BCUT2D eigenvalue weighted by molar-refractivity contribution is -0.134. The van der Waals surface area contributed by atoms with Crippen LogP contribution in [-0.2, 0) is 9.59 Å². The number of amides is 2. The number of hydrogen-bond acceptors (Lipinski definition) is 3. The molecule has 1 fully saturated rings. The number of halogens is 1. The van der Waals surface area contributed by atoms with Crippen molar-refractivity contribution in [3.63, 3.8) is 0 Å². The minimum Gasteiger partial charge on any atom is -0.484 e. The first kappa shape index (κ1) is 18.6. The van der Waals surface area contributed by atoms with Crippen LogP contribution in [-0.4, -0.2) is 48.3 Å². The predicted octanol–water partition coefficient (Wildman–Crippen LogP) is 2.42. The lowest BCUT2D eigenvalue weighted by Crippen LogP contribution is -2.47. The Balaban J connectivity index is 1.74. The maximum Gasteiger partial charge on any atom is 0.260 e. The molecule has 1 aliphatic heterocycles. The van der Waals surface area contributed by atoms with Gasteiger partial charge in [-0.25, -0.2) is 0 Å². The topological polar surface area (TPSA) is 58.6 Å². The van der Waals surface area contributed by atoms with Gasteiger partial charge in [-0.1, -0.05) is 6.07 Å². The Kier molecular flexibility index (Phi) is 6.91. The molecule has 0 atom stereocenters. The Labute approximate surface area is 148 Å². The summed E-state index contributed by atoms with van der Waals surface area (Å²) in [4.78, 5) is 25.6. The Hall–Kier alpha value is -1.75. The molecule has 0 aliphatic carbocycles. The van der Waals surface area contributed by atoms with Crippen molar-refractivity contribution >= 4 is 23.4 Å². The molecule has 1 aromatic rings. The Morgan fingerprint density at radius 1 is 1.25 bits per heavy atom. The highest BCUT2D eigenvalue weighted by atomic mass is 35.5. The standard InChI is InChI=1S/C18H25ClN2O3/c1-13-3-4-16(11-14(13)2)24-12-18(23)21-9-6-15(7-10-21)20-17(22)5-8-19/h3-4,11,15H,5-10,12H2,1-2H3,(H,20,22). The van der Waals surface area contributed by atoms with Crippen LogP contribution >= 0.6 is 11.6 Å². The molecule has 2 rings (SSSR count). The highest BCUT2D eigenvalue weighted by molar-refractivity contribution is 6.18. The van der Waals surface area contributed by atoms with Crippen LogP contribution in [0.5, 0.6) is 5.75 Å². The van der Waals surface area contributed by atoms with Crippen LogP contribution in [0.2, 0.25) is 0 Å². The van der Waals surface area contributed by atoms with Crippen molar-refractivity contribution in [2.24, 2.45) is 0 Å². The molecule has 1 aliphatic rings. The predicted molar refractivity (Wildman–Crippen MR) is 94.5 cm³/mol. The van der Waals surface area contributed by atoms with Crippen molar-refractivity contribution in [3.05, 3.63) is 29.3 Å². The molecule has 0 bridgehead atoms. The second-order valence-corrected chi connectivity index (χ2v) is 6.57. The molecule has 2 amide bonds. The van der Waals surface area contributed by atoms with Crippen molar-refractivity contribution in [1.82, 2.24) is 10.2 Å². The number of nitrogens with one attached hydrogen (secondary N) is 1. The third-order valence-corrected chi connectivity index (χ3v) is 4.56. The van der Waals surface area contributed by atoms with Crippen molar-refractivity contribution in [1.29, 1.82) is 0 Å². The lowest BCUT2D eigenvalue weighted by Gasteiger charge is -2.32. The first-order chi connectivity index (χ1) is 11.5. The van der Waals surface area contributed by atoms with Gasteiger partial charge in [-0.3, -0.25) is 9.59 Å². The molecule has 0 saturated carbocycles. The van der Waals surface area contributed by atoms with Gasteiger partial charge in [-0.15, -0.1) is 11.6 Å². The van der Waals surface area contributed by atoms with E-state index in [1.54, 1.807) is 4.90 Å². The van der Waals surface area contributed by atoms with E-state index >= 15 is 0 Å². The summed E-state index contributed by atoms with van der Waals surface area (Å²) in [5, 5.41) is 2.96. The normalized spacial score (nSPS) is 15.2. The van der Waals surface area contributed by atoms with Crippen LogP contribution < -0.4 is 10.1 Å². The SMILES string of the molecule is Cc1ccc(OCC(=O)N2CCC(NC(=O)CCCl)CC2)cc1C. The summed E-state index contributed by atoms with van der Waals surface area (Å²) >= 11 is 5.55. The molecule has 0 spiro atoms. The van der Waals surface area contributed by atoms with Gasteiger partial charge in [0, 0.05) is 31.4 Å². The molecule has 0 aromatic heterocycles. The minimum atomic E-state index is -0.0205. The summed E-state index contributed by atoms with van der Waals surface area (Å²) in [6.07, 6.45) is 1.87. The van der Waals surface area contributed by atoms with E-state index in [1.165, 1.54) is 5.56 Å². The molecule has 1 aromatic carbocycles. The zero-order valence-corrected chi connectivity index (χ0v) is 15.1. The van der Waals surface area contributed by atoms with Crippen LogP contribution in [0.15, 0.2) is 18.2 Å². The first-order valence-electron chi connectivity index (χ1n) is 8.32. The maximum atomic E-state index is 12.3. The fraction of sp³-hybridized carbons (Fsp3) is 0.556. The van der Waals surface area contributed by atoms with E-state index in [9.17, 15) is 9.59 Å². The molecule has 1 saturated heterocycles. The summed E-state index contributed by atoms with van der Waals surface area (Å²) < 4.78 is 5.60. The number of alkyl halides is 1. The van der Waals surface area contributed by atoms with Gasteiger partial charge in [0.2, 0.25) is 5.91 Å². The number of piperidine rings is 1. The number of benzene rings is 1. The highest BCUT2D eigenvalue weighted by Crippen LogP contribution is 2.17. The minimum absolute atomic E-state index is 0.0150. The van der Waals surface area contributed by atoms with Gasteiger partial charge in [0.15, 0.2) is 6.61 Å². The average Bonchev–Trinajstić information content (AvgIpc) is 2.56. The average molecular weight is 353 g/mol. The van der Waals surface area contributed by atoms with E-state index in [0.717, 1.165) is 24.2 Å². The number of hydrogen-bond donors (Lipinski definition) is 1. The van der Waals surface area contributed by atoms with Crippen LogP contribution in [0.4, 0.5) is 0 Å². The molecule has 5 nitrogen and oxygen atoms in total. The van der Waals surface area contributed by atoms with E-state index in [2.05, 4.69) is 5.32 Å². The quantitative estimate of drug-likeness (QED) is 0.800. The molecule has 132 valence electrons. The zero-order chi connectivity index (χ0) is 17.5. The lowest BCUT2D eigenvalue weighted by atomic mass is 10.0. The number of carbonyl (C=O) groups excluding carboxylic acids is 2. The van der Waals surface area contributed by atoms with E-state index in [0.29, 0.717) is 25.4 Å². The molecule has 24 heavy (non-hydrogen) atoms. The number of nitrogens with zero attached hydrogens (tertiary/aromatic N) is 1. The van der Waals surface area contributed by atoms with Crippen molar-refractivity contribution in [2.45, 2.75) is 39.2 Å². The fourth-order valence-corrected chi connectivity index (χ4v) is 2.87. The van der Waals surface area contributed by atoms with Crippen LogP contribution in [0.25, 0.3) is 0 Å². The molecule has 1 heterocycles. The molecule has 6 heteroatoms. The number of aryl methyl sites for hydroxylation is 2. The number of carbonyl (C=O) groups is 2. The van der Waals surface area contributed by atoms with Crippen molar-refractivity contribution in [2.75, 3.05) is 25.6 Å². The van der Waals surface area contributed by atoms with E-state index in [4.69, 9.17) is 16.3 Å². The molecule has 1 N–H and O–H groups in total. The second-order valence-electron chi connectivity index (χ2n) is 6.20. The van der Waals surface area contributed by atoms with E-state index < -0.39 is 0 Å². The summed E-state index contributed by atoms with van der Waals surface area (Å²) in [5.41, 5.74) is 2.35. The van der Waals surface area contributed by atoms with Gasteiger partial charge in [0.1, 0.15) is 5.75 Å². The first-order valence-corrected chi connectivity index (χ1v) is 8.86. The monoisotopic (exact) mass is 352 g/mol. The van der Waals surface area contributed by atoms with Gasteiger partial charge < -0.3 is 15.0 Å². The van der Waals surface area contributed by atoms with E-state index in [1.807, 2.05) is 32.0 Å².